The topological polar surface area (TPSA) is 24.1 Å². The van der Waals surface area contributed by atoms with Crippen molar-refractivity contribution >= 4 is 0 Å². The van der Waals surface area contributed by atoms with E-state index >= 15 is 0 Å². The summed E-state index contributed by atoms with van der Waals surface area (Å²) in [4.78, 5) is 0. The van der Waals surface area contributed by atoms with E-state index in [0.717, 1.165) is 19.6 Å². The Balaban J connectivity index is 2.20. The van der Waals surface area contributed by atoms with Crippen molar-refractivity contribution in [3.63, 3.8) is 0 Å². The fourth-order valence-corrected chi connectivity index (χ4v) is 1.99. The highest BCUT2D eigenvalue weighted by Crippen LogP contribution is 2.03. The fourth-order valence-electron chi connectivity index (χ4n) is 1.99. The second kappa shape index (κ2) is 10.2. The molecule has 0 aliphatic heterocycles. The van der Waals surface area contributed by atoms with E-state index in [0.29, 0.717) is 6.04 Å². The molecule has 0 fully saturated rings. The highest BCUT2D eigenvalue weighted by atomic mass is 15.0. The molecule has 2 heteroatoms. The van der Waals surface area contributed by atoms with Crippen molar-refractivity contribution in [2.75, 3.05) is 13.1 Å². The molecule has 108 valence electrons. The van der Waals surface area contributed by atoms with Crippen LogP contribution in [0.15, 0.2) is 66.8 Å². The van der Waals surface area contributed by atoms with E-state index in [1.165, 1.54) is 11.1 Å². The van der Waals surface area contributed by atoms with Crippen LogP contribution >= 0.6 is 0 Å². The Bertz CT molecular complexity index is 432. The average Bonchev–Trinajstić information content (AvgIpc) is 2.48. The van der Waals surface area contributed by atoms with Crippen LogP contribution in [0.4, 0.5) is 0 Å². The molecule has 2 N–H and O–H groups in total. The predicted octanol–water partition coefficient (Wildman–Crippen LogP) is 3.44. The summed E-state index contributed by atoms with van der Waals surface area (Å²) < 4.78 is 0. The van der Waals surface area contributed by atoms with E-state index in [4.69, 9.17) is 0 Å². The highest BCUT2D eigenvalue weighted by molar-refractivity contribution is 5.25. The maximum atomic E-state index is 3.70. The molecule has 1 aromatic rings. The third-order valence-electron chi connectivity index (χ3n) is 3.18. The van der Waals surface area contributed by atoms with Crippen LogP contribution in [0.5, 0.6) is 0 Å². The van der Waals surface area contributed by atoms with Gasteiger partial charge in [-0.1, -0.05) is 61.2 Å². The number of nitrogens with one attached hydrogen (secondary N) is 2. The van der Waals surface area contributed by atoms with Crippen molar-refractivity contribution in [3.8, 4) is 0 Å². The van der Waals surface area contributed by atoms with Gasteiger partial charge in [0, 0.05) is 25.7 Å². The maximum absolute atomic E-state index is 3.70. The highest BCUT2D eigenvalue weighted by Gasteiger charge is 2.03. The first-order valence-electron chi connectivity index (χ1n) is 7.21. The Morgan fingerprint density at radius 2 is 2.00 bits per heavy atom. The molecule has 0 amide bonds. The monoisotopic (exact) mass is 270 g/mol. The molecule has 0 bridgehead atoms. The summed E-state index contributed by atoms with van der Waals surface area (Å²) in [7, 11) is 0. The van der Waals surface area contributed by atoms with Crippen LogP contribution in [0.1, 0.15) is 19.4 Å². The minimum Gasteiger partial charge on any atom is -0.311 e. The standard InChI is InChI=1S/C18H26N2/c1-4-6-12-18(5-2)16(3)20-14-13-19-15-17-10-8-7-9-11-17/h4-12,16,19-20H,1,13-15H2,2-3H3/b12-6-,18-5+/t16-/m1/s1. The molecular formula is C18H26N2. The van der Waals surface area contributed by atoms with E-state index in [2.05, 4.69) is 67.5 Å². The molecule has 0 aliphatic rings. The van der Waals surface area contributed by atoms with Gasteiger partial charge in [-0.25, -0.2) is 0 Å². The summed E-state index contributed by atoms with van der Waals surface area (Å²) in [6.07, 6.45) is 8.01. The van der Waals surface area contributed by atoms with Gasteiger partial charge in [-0.2, -0.15) is 0 Å². The van der Waals surface area contributed by atoms with Gasteiger partial charge < -0.3 is 10.6 Å². The van der Waals surface area contributed by atoms with E-state index < -0.39 is 0 Å². The molecule has 0 saturated carbocycles. The lowest BCUT2D eigenvalue weighted by atomic mass is 10.1. The lowest BCUT2D eigenvalue weighted by Gasteiger charge is -2.15. The van der Waals surface area contributed by atoms with E-state index in [-0.39, 0.29) is 0 Å². The van der Waals surface area contributed by atoms with Crippen LogP contribution < -0.4 is 10.6 Å². The second-order valence-corrected chi connectivity index (χ2v) is 4.72. The number of allylic oxidation sites excluding steroid dienone is 3. The quantitative estimate of drug-likeness (QED) is 0.530. The number of hydrogen-bond acceptors (Lipinski definition) is 2. The van der Waals surface area contributed by atoms with Crippen LogP contribution in [-0.2, 0) is 6.54 Å². The Hall–Kier alpha value is -1.64. The molecule has 0 radical (unpaired) electrons. The van der Waals surface area contributed by atoms with Gasteiger partial charge in [0.1, 0.15) is 0 Å². The normalized spacial score (nSPS) is 13.6. The van der Waals surface area contributed by atoms with Gasteiger partial charge in [-0.15, -0.1) is 0 Å². The zero-order valence-electron chi connectivity index (χ0n) is 12.6. The first kappa shape index (κ1) is 16.4. The third kappa shape index (κ3) is 6.50. The van der Waals surface area contributed by atoms with Crippen LogP contribution in [-0.4, -0.2) is 19.1 Å². The molecule has 0 saturated heterocycles. The summed E-state index contributed by atoms with van der Waals surface area (Å²) >= 11 is 0. The Kier molecular flexibility index (Phi) is 8.36. The molecule has 20 heavy (non-hydrogen) atoms. The van der Waals surface area contributed by atoms with E-state index in [1.807, 2.05) is 12.1 Å². The van der Waals surface area contributed by atoms with Gasteiger partial charge in [0.25, 0.3) is 0 Å². The van der Waals surface area contributed by atoms with Gasteiger partial charge in [-0.05, 0) is 25.0 Å². The molecule has 0 heterocycles. The van der Waals surface area contributed by atoms with Gasteiger partial charge in [0.05, 0.1) is 0 Å². The number of benzene rings is 1. The smallest absolute Gasteiger partial charge is 0.0289 e. The van der Waals surface area contributed by atoms with Gasteiger partial charge >= 0.3 is 0 Å². The first-order chi connectivity index (χ1) is 9.77. The summed E-state index contributed by atoms with van der Waals surface area (Å²) in [5.74, 6) is 0. The van der Waals surface area contributed by atoms with Crippen molar-refractivity contribution in [2.45, 2.75) is 26.4 Å². The zero-order chi connectivity index (χ0) is 14.6. The number of hydrogen-bond donors (Lipinski definition) is 2. The van der Waals surface area contributed by atoms with Crippen molar-refractivity contribution < 1.29 is 0 Å². The molecule has 0 spiro atoms. The summed E-state index contributed by atoms with van der Waals surface area (Å²) in [5.41, 5.74) is 2.61. The Morgan fingerprint density at radius 3 is 2.65 bits per heavy atom. The largest absolute Gasteiger partial charge is 0.311 e. The van der Waals surface area contributed by atoms with Crippen molar-refractivity contribution in [3.05, 3.63) is 72.4 Å². The summed E-state index contributed by atoms with van der Waals surface area (Å²) in [5, 5.41) is 6.95. The predicted molar refractivity (Wildman–Crippen MR) is 88.7 cm³/mol. The van der Waals surface area contributed by atoms with E-state index in [1.54, 1.807) is 6.08 Å². The van der Waals surface area contributed by atoms with Crippen molar-refractivity contribution in [1.29, 1.82) is 0 Å². The molecular weight excluding hydrogens is 244 g/mol. The zero-order valence-corrected chi connectivity index (χ0v) is 12.6. The maximum Gasteiger partial charge on any atom is 0.0289 e. The first-order valence-corrected chi connectivity index (χ1v) is 7.21. The van der Waals surface area contributed by atoms with Crippen molar-refractivity contribution in [2.24, 2.45) is 0 Å². The van der Waals surface area contributed by atoms with Crippen LogP contribution in [0.2, 0.25) is 0 Å². The Labute approximate surface area is 123 Å². The number of rotatable bonds is 9. The summed E-state index contributed by atoms with van der Waals surface area (Å²) in [6.45, 7) is 10.8. The Morgan fingerprint density at radius 1 is 1.25 bits per heavy atom. The lowest BCUT2D eigenvalue weighted by Crippen LogP contribution is -2.34. The molecule has 1 rings (SSSR count). The van der Waals surface area contributed by atoms with Crippen LogP contribution in [0.3, 0.4) is 0 Å². The molecule has 1 atom stereocenters. The minimum absolute atomic E-state index is 0.356. The molecule has 0 aromatic heterocycles. The van der Waals surface area contributed by atoms with Crippen LogP contribution in [0, 0.1) is 0 Å². The molecule has 0 unspecified atom stereocenters. The molecule has 0 aliphatic carbocycles. The SMILES string of the molecule is C=C/C=C\C(=C/C)[C@@H](C)NCCNCc1ccccc1. The van der Waals surface area contributed by atoms with Gasteiger partial charge in [0.15, 0.2) is 0 Å². The summed E-state index contributed by atoms with van der Waals surface area (Å²) in [6, 6.07) is 10.8. The van der Waals surface area contributed by atoms with E-state index in [9.17, 15) is 0 Å². The molecule has 2 nitrogen and oxygen atoms in total. The van der Waals surface area contributed by atoms with Crippen LogP contribution in [0.25, 0.3) is 0 Å². The fraction of sp³-hybridized carbons (Fsp3) is 0.333. The second-order valence-electron chi connectivity index (χ2n) is 4.72. The van der Waals surface area contributed by atoms with Gasteiger partial charge in [0.2, 0.25) is 0 Å². The van der Waals surface area contributed by atoms with Crippen molar-refractivity contribution in [1.82, 2.24) is 10.6 Å². The minimum atomic E-state index is 0.356. The molecule has 1 aromatic carbocycles. The third-order valence-corrected chi connectivity index (χ3v) is 3.18. The van der Waals surface area contributed by atoms with Gasteiger partial charge in [-0.3, -0.25) is 0 Å². The average molecular weight is 270 g/mol. The lowest BCUT2D eigenvalue weighted by molar-refractivity contribution is 0.573.